The molecule has 2 saturated heterocycles. The highest BCUT2D eigenvalue weighted by molar-refractivity contribution is 6.31. The molecule has 0 bridgehead atoms. The highest BCUT2D eigenvalue weighted by Crippen LogP contribution is 2.28. The van der Waals surface area contributed by atoms with Crippen LogP contribution in [0.5, 0.6) is 0 Å². The summed E-state index contributed by atoms with van der Waals surface area (Å²) in [4.78, 5) is 33.3. The minimum absolute atomic E-state index is 0.0886. The third-order valence-corrected chi connectivity index (χ3v) is 6.55. The molecule has 1 amide bonds. The zero-order valence-corrected chi connectivity index (χ0v) is 19.3. The molecule has 2 aliphatic heterocycles. The van der Waals surface area contributed by atoms with Gasteiger partial charge in [-0.05, 0) is 56.0 Å². The second-order valence-electron chi connectivity index (χ2n) is 8.54. The minimum Gasteiger partial charge on any atom is -0.478 e. The van der Waals surface area contributed by atoms with Crippen molar-refractivity contribution < 1.29 is 19.4 Å². The number of ether oxygens (including phenoxy) is 1. The van der Waals surface area contributed by atoms with Gasteiger partial charge in [-0.3, -0.25) is 9.69 Å². The average Bonchev–Trinajstić information content (AvgIpc) is 2.84. The molecule has 0 radical (unpaired) electrons. The van der Waals surface area contributed by atoms with E-state index in [0.717, 1.165) is 65.2 Å². The molecule has 2 aromatic rings. The molecule has 3 heterocycles. The van der Waals surface area contributed by atoms with Gasteiger partial charge in [-0.15, -0.1) is 0 Å². The van der Waals surface area contributed by atoms with Crippen molar-refractivity contribution in [2.75, 3.05) is 56.2 Å². The number of halogens is 1. The number of morpholine rings is 1. The number of nitrogens with one attached hydrogen (secondary N) is 1. The summed E-state index contributed by atoms with van der Waals surface area (Å²) < 4.78 is 5.41. The molecular formula is C24H29ClN4O4. The van der Waals surface area contributed by atoms with Crippen LogP contribution >= 0.6 is 11.6 Å². The first-order valence-electron chi connectivity index (χ1n) is 11.3. The predicted octanol–water partition coefficient (Wildman–Crippen LogP) is 3.62. The minimum atomic E-state index is -1.06. The SMILES string of the molecule is O=C(Nc1cnc(N2CCC(CCN3CCOCC3)CC2)c(C(=O)O)c1)c1cccc(Cl)c1. The van der Waals surface area contributed by atoms with Crippen molar-refractivity contribution in [3.63, 3.8) is 0 Å². The molecule has 2 N–H and O–H groups in total. The Hall–Kier alpha value is -2.68. The lowest BCUT2D eigenvalue weighted by Gasteiger charge is -2.35. The van der Waals surface area contributed by atoms with Gasteiger partial charge >= 0.3 is 5.97 Å². The van der Waals surface area contributed by atoms with Crippen molar-refractivity contribution in [2.24, 2.45) is 5.92 Å². The summed E-state index contributed by atoms with van der Waals surface area (Å²) in [6.45, 7) is 6.28. The van der Waals surface area contributed by atoms with E-state index in [1.165, 1.54) is 12.3 Å². The van der Waals surface area contributed by atoms with E-state index in [4.69, 9.17) is 16.3 Å². The Labute approximate surface area is 198 Å². The zero-order valence-electron chi connectivity index (χ0n) is 18.5. The standard InChI is InChI=1S/C24H29ClN4O4/c25-19-3-1-2-18(14-19)23(30)27-20-15-21(24(31)32)22(26-16-20)29-8-5-17(6-9-29)4-7-28-10-12-33-13-11-28/h1-3,14-17H,4-13H2,(H,27,30)(H,31,32). The van der Waals surface area contributed by atoms with Crippen LogP contribution in [0.3, 0.4) is 0 Å². The molecule has 0 saturated carbocycles. The van der Waals surface area contributed by atoms with Crippen molar-refractivity contribution in [1.29, 1.82) is 0 Å². The second-order valence-corrected chi connectivity index (χ2v) is 8.97. The fourth-order valence-electron chi connectivity index (χ4n) is 4.39. The average molecular weight is 473 g/mol. The van der Waals surface area contributed by atoms with Crippen LogP contribution in [-0.2, 0) is 4.74 Å². The molecule has 4 rings (SSSR count). The van der Waals surface area contributed by atoms with Gasteiger partial charge in [0.1, 0.15) is 11.4 Å². The van der Waals surface area contributed by atoms with Crippen molar-refractivity contribution in [1.82, 2.24) is 9.88 Å². The molecule has 9 heteroatoms. The smallest absolute Gasteiger partial charge is 0.339 e. The number of carbonyl (C=O) groups is 2. The van der Waals surface area contributed by atoms with Gasteiger partial charge in [0.05, 0.1) is 25.1 Å². The van der Waals surface area contributed by atoms with Crippen LogP contribution in [0.2, 0.25) is 5.02 Å². The summed E-state index contributed by atoms with van der Waals surface area (Å²) in [5.41, 5.74) is 0.815. The molecule has 0 unspecified atom stereocenters. The van der Waals surface area contributed by atoms with Crippen LogP contribution in [0.15, 0.2) is 36.5 Å². The number of carboxylic acids is 1. The number of carbonyl (C=O) groups excluding carboxylic acids is 1. The largest absolute Gasteiger partial charge is 0.478 e. The molecule has 1 aromatic carbocycles. The molecule has 0 aliphatic carbocycles. The number of aromatic carboxylic acids is 1. The highest BCUT2D eigenvalue weighted by Gasteiger charge is 2.25. The fraction of sp³-hybridized carbons (Fsp3) is 0.458. The number of rotatable bonds is 7. The first-order chi connectivity index (χ1) is 16.0. The first-order valence-corrected chi connectivity index (χ1v) is 11.7. The monoisotopic (exact) mass is 472 g/mol. The number of nitrogens with zero attached hydrogens (tertiary/aromatic N) is 3. The van der Waals surface area contributed by atoms with Crippen LogP contribution in [0, 0.1) is 5.92 Å². The number of hydrogen-bond acceptors (Lipinski definition) is 6. The van der Waals surface area contributed by atoms with E-state index in [9.17, 15) is 14.7 Å². The normalized spacial score (nSPS) is 17.7. The number of aromatic nitrogens is 1. The van der Waals surface area contributed by atoms with Gasteiger partial charge in [0.25, 0.3) is 5.91 Å². The van der Waals surface area contributed by atoms with Gasteiger partial charge in [-0.2, -0.15) is 0 Å². The van der Waals surface area contributed by atoms with Gasteiger partial charge in [-0.25, -0.2) is 9.78 Å². The number of piperidine rings is 1. The van der Waals surface area contributed by atoms with Crippen molar-refractivity contribution in [2.45, 2.75) is 19.3 Å². The molecule has 2 aliphatic rings. The summed E-state index contributed by atoms with van der Waals surface area (Å²) in [7, 11) is 0. The molecule has 1 aromatic heterocycles. The Morgan fingerprint density at radius 2 is 1.91 bits per heavy atom. The van der Waals surface area contributed by atoms with E-state index in [1.807, 2.05) is 4.90 Å². The Morgan fingerprint density at radius 3 is 2.61 bits per heavy atom. The van der Waals surface area contributed by atoms with Crippen molar-refractivity contribution in [3.8, 4) is 0 Å². The third-order valence-electron chi connectivity index (χ3n) is 6.31. The van der Waals surface area contributed by atoms with Gasteiger partial charge in [0.2, 0.25) is 0 Å². The van der Waals surface area contributed by atoms with Crippen LogP contribution < -0.4 is 10.2 Å². The lowest BCUT2D eigenvalue weighted by Crippen LogP contribution is -2.39. The number of benzene rings is 1. The van der Waals surface area contributed by atoms with Crippen LogP contribution in [-0.4, -0.2) is 72.8 Å². The third kappa shape index (κ3) is 6.22. The summed E-state index contributed by atoms with van der Waals surface area (Å²) >= 11 is 5.95. The van der Waals surface area contributed by atoms with Gasteiger partial charge in [0, 0.05) is 36.8 Å². The van der Waals surface area contributed by atoms with E-state index in [0.29, 0.717) is 28.0 Å². The van der Waals surface area contributed by atoms with E-state index < -0.39 is 5.97 Å². The molecule has 176 valence electrons. The highest BCUT2D eigenvalue weighted by atomic mass is 35.5. The Balaban J connectivity index is 1.36. The van der Waals surface area contributed by atoms with Crippen molar-refractivity contribution >= 4 is 35.0 Å². The van der Waals surface area contributed by atoms with Crippen LogP contribution in [0.25, 0.3) is 0 Å². The lowest BCUT2D eigenvalue weighted by molar-refractivity contribution is 0.0349. The number of anilines is 2. The van der Waals surface area contributed by atoms with E-state index >= 15 is 0 Å². The number of hydrogen-bond donors (Lipinski definition) is 2. The first kappa shape index (κ1) is 23.5. The maximum absolute atomic E-state index is 12.5. The maximum atomic E-state index is 12.5. The van der Waals surface area contributed by atoms with Gasteiger partial charge in [-0.1, -0.05) is 17.7 Å². The molecular weight excluding hydrogens is 444 g/mol. The van der Waals surface area contributed by atoms with Crippen LogP contribution in [0.4, 0.5) is 11.5 Å². The molecule has 8 nitrogen and oxygen atoms in total. The summed E-state index contributed by atoms with van der Waals surface area (Å²) in [5.74, 6) is -0.348. The van der Waals surface area contributed by atoms with E-state index in [1.54, 1.807) is 24.3 Å². The topological polar surface area (TPSA) is 95.0 Å². The van der Waals surface area contributed by atoms with E-state index in [2.05, 4.69) is 15.2 Å². The van der Waals surface area contributed by atoms with Gasteiger partial charge < -0.3 is 20.1 Å². The van der Waals surface area contributed by atoms with E-state index in [-0.39, 0.29) is 11.5 Å². The van der Waals surface area contributed by atoms with Gasteiger partial charge in [0.15, 0.2) is 0 Å². The fourth-order valence-corrected chi connectivity index (χ4v) is 4.58. The number of carboxylic acid groups (broad SMARTS) is 1. The van der Waals surface area contributed by atoms with Crippen molar-refractivity contribution in [3.05, 3.63) is 52.7 Å². The predicted molar refractivity (Wildman–Crippen MR) is 127 cm³/mol. The lowest BCUT2D eigenvalue weighted by atomic mass is 9.93. The summed E-state index contributed by atoms with van der Waals surface area (Å²) in [6.07, 6.45) is 4.69. The number of pyridine rings is 1. The van der Waals surface area contributed by atoms with Crippen LogP contribution in [0.1, 0.15) is 40.0 Å². The zero-order chi connectivity index (χ0) is 23.2. The summed E-state index contributed by atoms with van der Waals surface area (Å²) in [6, 6.07) is 8.04. The maximum Gasteiger partial charge on any atom is 0.339 e. The quantitative estimate of drug-likeness (QED) is 0.635. The Bertz CT molecular complexity index is 988. The molecule has 0 atom stereocenters. The number of amides is 1. The Morgan fingerprint density at radius 1 is 1.15 bits per heavy atom. The summed E-state index contributed by atoms with van der Waals surface area (Å²) in [5, 5.41) is 12.9. The molecule has 33 heavy (non-hydrogen) atoms. The Kier molecular flexibility index (Phi) is 7.80. The molecule has 2 fully saturated rings. The second kappa shape index (κ2) is 11.0. The molecule has 0 spiro atoms.